The lowest BCUT2D eigenvalue weighted by Crippen LogP contribution is -2.32. The van der Waals surface area contributed by atoms with Crippen molar-refractivity contribution in [2.75, 3.05) is 21.2 Å². The number of benzene rings is 1. The Bertz CT molecular complexity index is 490. The summed E-state index contributed by atoms with van der Waals surface area (Å²) in [5.74, 6) is 0.122. The molecule has 0 aliphatic heterocycles. The van der Waals surface area contributed by atoms with Crippen LogP contribution in [0.5, 0.6) is 5.75 Å². The SMILES string of the molecule is COc1ccc(C2(C(=O)O)CCCC2)cc1CN(C)C. The number of hydrogen-bond donors (Lipinski definition) is 1. The molecule has 0 saturated heterocycles. The van der Waals surface area contributed by atoms with Gasteiger partial charge < -0.3 is 14.7 Å². The molecule has 0 atom stereocenters. The monoisotopic (exact) mass is 277 g/mol. The van der Waals surface area contributed by atoms with Crippen LogP contribution in [0.15, 0.2) is 18.2 Å². The molecule has 0 aromatic heterocycles. The second-order valence-electron chi connectivity index (χ2n) is 5.86. The molecule has 1 aliphatic rings. The molecular formula is C16H23NO3. The van der Waals surface area contributed by atoms with Crippen molar-refractivity contribution in [1.29, 1.82) is 0 Å². The van der Waals surface area contributed by atoms with E-state index in [9.17, 15) is 9.90 Å². The summed E-state index contributed by atoms with van der Waals surface area (Å²) in [5, 5.41) is 9.67. The van der Waals surface area contributed by atoms with Crippen LogP contribution in [0.25, 0.3) is 0 Å². The topological polar surface area (TPSA) is 49.8 Å². The van der Waals surface area contributed by atoms with E-state index in [1.165, 1.54) is 0 Å². The number of ether oxygens (including phenoxy) is 1. The van der Waals surface area contributed by atoms with Gasteiger partial charge in [0.15, 0.2) is 0 Å². The van der Waals surface area contributed by atoms with Gasteiger partial charge in [0.05, 0.1) is 12.5 Å². The van der Waals surface area contributed by atoms with Crippen molar-refractivity contribution in [3.05, 3.63) is 29.3 Å². The van der Waals surface area contributed by atoms with Crippen molar-refractivity contribution in [2.24, 2.45) is 0 Å². The normalized spacial score (nSPS) is 17.4. The number of carboxylic acids is 1. The molecule has 1 N–H and O–H groups in total. The minimum Gasteiger partial charge on any atom is -0.496 e. The van der Waals surface area contributed by atoms with Gasteiger partial charge in [-0.25, -0.2) is 0 Å². The van der Waals surface area contributed by atoms with E-state index in [1.54, 1.807) is 7.11 Å². The molecule has 0 bridgehead atoms. The summed E-state index contributed by atoms with van der Waals surface area (Å²) >= 11 is 0. The van der Waals surface area contributed by atoms with Crippen LogP contribution >= 0.6 is 0 Å². The molecule has 0 heterocycles. The summed E-state index contributed by atoms with van der Waals surface area (Å²) in [6.45, 7) is 0.743. The fraction of sp³-hybridized carbons (Fsp3) is 0.562. The van der Waals surface area contributed by atoms with Crippen molar-refractivity contribution in [3.8, 4) is 5.75 Å². The predicted molar refractivity (Wildman–Crippen MR) is 78.2 cm³/mol. The van der Waals surface area contributed by atoms with Gasteiger partial charge in [0, 0.05) is 12.1 Å². The van der Waals surface area contributed by atoms with E-state index in [0.29, 0.717) is 0 Å². The van der Waals surface area contributed by atoms with Crippen molar-refractivity contribution < 1.29 is 14.6 Å². The molecule has 0 unspecified atom stereocenters. The van der Waals surface area contributed by atoms with E-state index in [2.05, 4.69) is 4.90 Å². The van der Waals surface area contributed by atoms with E-state index < -0.39 is 11.4 Å². The van der Waals surface area contributed by atoms with E-state index in [0.717, 1.165) is 49.1 Å². The molecule has 1 fully saturated rings. The molecule has 110 valence electrons. The zero-order chi connectivity index (χ0) is 14.8. The van der Waals surface area contributed by atoms with Crippen LogP contribution in [-0.2, 0) is 16.8 Å². The van der Waals surface area contributed by atoms with Crippen molar-refractivity contribution in [3.63, 3.8) is 0 Å². The van der Waals surface area contributed by atoms with E-state index in [1.807, 2.05) is 32.3 Å². The molecule has 1 aromatic rings. The molecular weight excluding hydrogens is 254 g/mol. The quantitative estimate of drug-likeness (QED) is 0.899. The Balaban J connectivity index is 2.44. The highest BCUT2D eigenvalue weighted by molar-refractivity contribution is 5.82. The van der Waals surface area contributed by atoms with Gasteiger partial charge in [0.2, 0.25) is 0 Å². The third kappa shape index (κ3) is 2.66. The van der Waals surface area contributed by atoms with Crippen LogP contribution in [0.1, 0.15) is 36.8 Å². The predicted octanol–water partition coefficient (Wildman–Crippen LogP) is 2.65. The highest BCUT2D eigenvalue weighted by Crippen LogP contribution is 2.42. The Hall–Kier alpha value is -1.55. The maximum atomic E-state index is 11.8. The first-order valence-corrected chi connectivity index (χ1v) is 7.05. The lowest BCUT2D eigenvalue weighted by atomic mass is 9.78. The minimum atomic E-state index is -0.701. The molecule has 4 nitrogen and oxygen atoms in total. The van der Waals surface area contributed by atoms with Crippen LogP contribution in [0.3, 0.4) is 0 Å². The number of aliphatic carboxylic acids is 1. The van der Waals surface area contributed by atoms with Gasteiger partial charge in [-0.3, -0.25) is 4.79 Å². The third-order valence-corrected chi connectivity index (χ3v) is 4.19. The summed E-state index contributed by atoms with van der Waals surface area (Å²) in [6, 6.07) is 5.83. The molecule has 20 heavy (non-hydrogen) atoms. The van der Waals surface area contributed by atoms with E-state index in [-0.39, 0.29) is 0 Å². The van der Waals surface area contributed by atoms with Crippen LogP contribution in [0, 0.1) is 0 Å². The van der Waals surface area contributed by atoms with Gasteiger partial charge in [-0.05, 0) is 44.6 Å². The standard InChI is InChI=1S/C16H23NO3/c1-17(2)11-12-10-13(6-7-14(12)20-3)16(15(18)19)8-4-5-9-16/h6-7,10H,4-5,8-9,11H2,1-3H3,(H,18,19). The number of carboxylic acid groups (broad SMARTS) is 1. The number of hydrogen-bond acceptors (Lipinski definition) is 3. The minimum absolute atomic E-state index is 0.698. The maximum absolute atomic E-state index is 11.8. The highest BCUT2D eigenvalue weighted by atomic mass is 16.5. The molecule has 1 aliphatic carbocycles. The van der Waals surface area contributed by atoms with Crippen LogP contribution in [0.4, 0.5) is 0 Å². The summed E-state index contributed by atoms with van der Waals surface area (Å²) < 4.78 is 5.38. The first-order valence-electron chi connectivity index (χ1n) is 7.05. The number of carbonyl (C=O) groups is 1. The Kier molecular flexibility index (Phi) is 4.33. The van der Waals surface area contributed by atoms with E-state index >= 15 is 0 Å². The summed E-state index contributed by atoms with van der Waals surface area (Å²) in [4.78, 5) is 13.8. The van der Waals surface area contributed by atoms with Crippen LogP contribution in [0.2, 0.25) is 0 Å². The molecule has 0 radical (unpaired) electrons. The second-order valence-corrected chi connectivity index (χ2v) is 5.86. The Labute approximate surface area is 120 Å². The Morgan fingerprint density at radius 3 is 2.50 bits per heavy atom. The second kappa shape index (κ2) is 5.83. The molecule has 4 heteroatoms. The molecule has 1 aromatic carbocycles. The Morgan fingerprint density at radius 1 is 1.35 bits per heavy atom. The molecule has 2 rings (SSSR count). The van der Waals surface area contributed by atoms with Gasteiger partial charge in [-0.2, -0.15) is 0 Å². The molecule has 1 saturated carbocycles. The van der Waals surface area contributed by atoms with Crippen molar-refractivity contribution in [2.45, 2.75) is 37.6 Å². The maximum Gasteiger partial charge on any atom is 0.314 e. The fourth-order valence-corrected chi connectivity index (χ4v) is 3.15. The third-order valence-electron chi connectivity index (χ3n) is 4.19. The van der Waals surface area contributed by atoms with Gasteiger partial charge in [0.1, 0.15) is 5.75 Å². The van der Waals surface area contributed by atoms with Crippen molar-refractivity contribution >= 4 is 5.97 Å². The van der Waals surface area contributed by atoms with Crippen LogP contribution < -0.4 is 4.74 Å². The number of rotatable bonds is 5. The van der Waals surface area contributed by atoms with Gasteiger partial charge in [0.25, 0.3) is 0 Å². The van der Waals surface area contributed by atoms with E-state index in [4.69, 9.17) is 4.74 Å². The number of methoxy groups -OCH3 is 1. The zero-order valence-corrected chi connectivity index (χ0v) is 12.5. The van der Waals surface area contributed by atoms with Gasteiger partial charge >= 0.3 is 5.97 Å². The molecule has 0 amide bonds. The summed E-state index contributed by atoms with van der Waals surface area (Å²) in [5.41, 5.74) is 1.26. The average Bonchev–Trinajstić information content (AvgIpc) is 2.88. The lowest BCUT2D eigenvalue weighted by molar-refractivity contribution is -0.143. The van der Waals surface area contributed by atoms with Crippen LogP contribution in [-0.4, -0.2) is 37.2 Å². The average molecular weight is 277 g/mol. The van der Waals surface area contributed by atoms with Gasteiger partial charge in [-0.15, -0.1) is 0 Å². The lowest BCUT2D eigenvalue weighted by Gasteiger charge is -2.26. The van der Waals surface area contributed by atoms with Gasteiger partial charge in [-0.1, -0.05) is 18.9 Å². The first kappa shape index (κ1) is 14.9. The summed E-state index contributed by atoms with van der Waals surface area (Å²) in [7, 11) is 5.64. The molecule has 0 spiro atoms. The number of nitrogens with zero attached hydrogens (tertiary/aromatic N) is 1. The fourth-order valence-electron chi connectivity index (χ4n) is 3.15. The largest absolute Gasteiger partial charge is 0.496 e. The zero-order valence-electron chi connectivity index (χ0n) is 12.5. The Morgan fingerprint density at radius 2 is 2.00 bits per heavy atom. The summed E-state index contributed by atoms with van der Waals surface area (Å²) in [6.07, 6.45) is 3.44. The van der Waals surface area contributed by atoms with Crippen molar-refractivity contribution in [1.82, 2.24) is 4.90 Å². The highest BCUT2D eigenvalue weighted by Gasteiger charge is 2.43. The smallest absolute Gasteiger partial charge is 0.314 e. The first-order chi connectivity index (χ1) is 9.49.